The van der Waals surface area contributed by atoms with Crippen LogP contribution in [0.15, 0.2) is 41.8 Å². The van der Waals surface area contributed by atoms with E-state index in [9.17, 15) is 5.11 Å². The first kappa shape index (κ1) is 9.71. The zero-order valence-corrected chi connectivity index (χ0v) is 8.92. The minimum atomic E-state index is -0.561. The van der Waals surface area contributed by atoms with Gasteiger partial charge in [0.2, 0.25) is 0 Å². The van der Waals surface area contributed by atoms with Gasteiger partial charge >= 0.3 is 0 Å². The van der Waals surface area contributed by atoms with Gasteiger partial charge in [-0.25, -0.2) is 0 Å². The Bertz CT molecular complexity index is 410. The number of halogens is 1. The first-order valence-electron chi connectivity index (χ1n) is 4.24. The third-order valence-electron chi connectivity index (χ3n) is 1.97. The third kappa shape index (κ3) is 1.98. The summed E-state index contributed by atoms with van der Waals surface area (Å²) in [5.74, 6) is 0. The van der Waals surface area contributed by atoms with Crippen molar-refractivity contribution in [2.75, 3.05) is 0 Å². The molecule has 0 radical (unpaired) electrons. The monoisotopic (exact) mass is 224 g/mol. The molecule has 0 aliphatic heterocycles. The maximum Gasteiger partial charge on any atom is 0.113 e. The molecule has 1 atom stereocenters. The molecule has 0 saturated carbocycles. The van der Waals surface area contributed by atoms with Crippen LogP contribution < -0.4 is 0 Å². The molecule has 14 heavy (non-hydrogen) atoms. The van der Waals surface area contributed by atoms with Gasteiger partial charge in [-0.1, -0.05) is 41.9 Å². The van der Waals surface area contributed by atoms with Crippen LogP contribution in [0.3, 0.4) is 0 Å². The highest BCUT2D eigenvalue weighted by atomic mass is 35.5. The van der Waals surface area contributed by atoms with Crippen LogP contribution in [0, 0.1) is 0 Å². The molecule has 0 spiro atoms. The van der Waals surface area contributed by atoms with E-state index >= 15 is 0 Å². The van der Waals surface area contributed by atoms with Crippen LogP contribution in [-0.4, -0.2) is 5.11 Å². The lowest BCUT2D eigenvalue weighted by Gasteiger charge is -2.07. The number of benzene rings is 1. The van der Waals surface area contributed by atoms with Crippen molar-refractivity contribution in [2.45, 2.75) is 6.10 Å². The van der Waals surface area contributed by atoms with Gasteiger partial charge in [-0.3, -0.25) is 0 Å². The quantitative estimate of drug-likeness (QED) is 0.828. The van der Waals surface area contributed by atoms with Crippen molar-refractivity contribution in [3.05, 3.63) is 57.2 Å². The van der Waals surface area contributed by atoms with Crippen molar-refractivity contribution in [1.29, 1.82) is 0 Å². The number of aliphatic hydroxyl groups is 1. The van der Waals surface area contributed by atoms with Crippen LogP contribution in [-0.2, 0) is 0 Å². The van der Waals surface area contributed by atoms with Crippen molar-refractivity contribution in [3.63, 3.8) is 0 Å². The smallest absolute Gasteiger partial charge is 0.113 e. The Morgan fingerprint density at radius 2 is 1.93 bits per heavy atom. The van der Waals surface area contributed by atoms with Crippen molar-refractivity contribution >= 4 is 22.9 Å². The van der Waals surface area contributed by atoms with E-state index in [0.29, 0.717) is 5.02 Å². The number of hydrogen-bond donors (Lipinski definition) is 1. The van der Waals surface area contributed by atoms with E-state index in [0.717, 1.165) is 10.4 Å². The van der Waals surface area contributed by atoms with Crippen LogP contribution in [0.1, 0.15) is 16.5 Å². The van der Waals surface area contributed by atoms with Gasteiger partial charge in [-0.15, -0.1) is 11.3 Å². The van der Waals surface area contributed by atoms with E-state index < -0.39 is 6.10 Å². The standard InChI is InChI=1S/C11H9ClOS/c12-9-6-10(14-7-9)11(13)8-4-2-1-3-5-8/h1-7,11,13H. The van der Waals surface area contributed by atoms with E-state index in [4.69, 9.17) is 11.6 Å². The summed E-state index contributed by atoms with van der Waals surface area (Å²) in [5.41, 5.74) is 0.894. The lowest BCUT2D eigenvalue weighted by atomic mass is 10.1. The molecule has 0 aliphatic carbocycles. The molecular formula is C11H9ClOS. The fraction of sp³-hybridized carbons (Fsp3) is 0.0909. The number of thiophene rings is 1. The highest BCUT2D eigenvalue weighted by Crippen LogP contribution is 2.29. The molecule has 1 aromatic carbocycles. The summed E-state index contributed by atoms with van der Waals surface area (Å²) in [6.45, 7) is 0. The van der Waals surface area contributed by atoms with E-state index in [-0.39, 0.29) is 0 Å². The van der Waals surface area contributed by atoms with E-state index in [1.54, 1.807) is 6.07 Å². The number of rotatable bonds is 2. The summed E-state index contributed by atoms with van der Waals surface area (Å²) in [6, 6.07) is 11.3. The van der Waals surface area contributed by atoms with E-state index in [2.05, 4.69) is 0 Å². The molecule has 1 N–H and O–H groups in total. The van der Waals surface area contributed by atoms with Crippen molar-refractivity contribution in [1.82, 2.24) is 0 Å². The highest BCUT2D eigenvalue weighted by Gasteiger charge is 2.11. The van der Waals surface area contributed by atoms with Gasteiger partial charge in [0.25, 0.3) is 0 Å². The molecule has 2 aromatic rings. The Morgan fingerprint density at radius 1 is 1.21 bits per heavy atom. The molecule has 0 amide bonds. The van der Waals surface area contributed by atoms with Crippen molar-refractivity contribution in [2.24, 2.45) is 0 Å². The van der Waals surface area contributed by atoms with Crippen molar-refractivity contribution in [3.8, 4) is 0 Å². The van der Waals surface area contributed by atoms with Gasteiger partial charge in [-0.2, -0.15) is 0 Å². The summed E-state index contributed by atoms with van der Waals surface area (Å²) in [7, 11) is 0. The summed E-state index contributed by atoms with van der Waals surface area (Å²) < 4.78 is 0. The maximum absolute atomic E-state index is 9.96. The lowest BCUT2D eigenvalue weighted by Crippen LogP contribution is -1.95. The summed E-state index contributed by atoms with van der Waals surface area (Å²) in [5, 5.41) is 12.5. The average molecular weight is 225 g/mol. The normalized spacial score (nSPS) is 12.7. The second kappa shape index (κ2) is 4.13. The minimum absolute atomic E-state index is 0.561. The van der Waals surface area contributed by atoms with Crippen LogP contribution in [0.25, 0.3) is 0 Å². The number of aliphatic hydroxyl groups excluding tert-OH is 1. The Balaban J connectivity index is 2.29. The molecule has 72 valence electrons. The van der Waals surface area contributed by atoms with Crippen LogP contribution in [0.5, 0.6) is 0 Å². The minimum Gasteiger partial charge on any atom is -0.383 e. The van der Waals surface area contributed by atoms with Crippen molar-refractivity contribution < 1.29 is 5.11 Å². The van der Waals surface area contributed by atoms with E-state index in [1.807, 2.05) is 35.7 Å². The Morgan fingerprint density at radius 3 is 2.50 bits per heavy atom. The fourth-order valence-electron chi connectivity index (χ4n) is 1.27. The van der Waals surface area contributed by atoms with Crippen LogP contribution in [0.2, 0.25) is 5.02 Å². The first-order chi connectivity index (χ1) is 6.77. The second-order valence-electron chi connectivity index (χ2n) is 2.98. The van der Waals surface area contributed by atoms with Gasteiger partial charge in [0.1, 0.15) is 6.10 Å². The molecule has 0 saturated heterocycles. The van der Waals surface area contributed by atoms with Gasteiger partial charge in [0.05, 0.1) is 5.02 Å². The van der Waals surface area contributed by atoms with Gasteiger partial charge in [-0.05, 0) is 11.6 Å². The van der Waals surface area contributed by atoms with Crippen LogP contribution >= 0.6 is 22.9 Å². The predicted octanol–water partition coefficient (Wildman–Crippen LogP) is 3.48. The third-order valence-corrected chi connectivity index (χ3v) is 3.31. The van der Waals surface area contributed by atoms with Gasteiger partial charge in [0.15, 0.2) is 0 Å². The van der Waals surface area contributed by atoms with E-state index in [1.165, 1.54) is 11.3 Å². The Kier molecular flexibility index (Phi) is 2.87. The summed E-state index contributed by atoms with van der Waals surface area (Å²) >= 11 is 7.26. The molecule has 1 heterocycles. The molecule has 0 bridgehead atoms. The molecule has 1 nitrogen and oxygen atoms in total. The largest absolute Gasteiger partial charge is 0.383 e. The zero-order valence-electron chi connectivity index (χ0n) is 7.35. The molecular weight excluding hydrogens is 216 g/mol. The maximum atomic E-state index is 9.96. The lowest BCUT2D eigenvalue weighted by molar-refractivity contribution is 0.224. The second-order valence-corrected chi connectivity index (χ2v) is 4.36. The zero-order chi connectivity index (χ0) is 9.97. The topological polar surface area (TPSA) is 20.2 Å². The molecule has 1 aromatic heterocycles. The molecule has 2 rings (SSSR count). The first-order valence-corrected chi connectivity index (χ1v) is 5.50. The Hall–Kier alpha value is -0.830. The molecule has 0 aliphatic rings. The molecule has 0 fully saturated rings. The summed E-state index contributed by atoms with van der Waals surface area (Å²) in [6.07, 6.45) is -0.561. The highest BCUT2D eigenvalue weighted by molar-refractivity contribution is 7.10. The average Bonchev–Trinajstić information content (AvgIpc) is 2.65. The van der Waals surface area contributed by atoms with Gasteiger partial charge < -0.3 is 5.11 Å². The fourth-order valence-corrected chi connectivity index (χ4v) is 2.36. The van der Waals surface area contributed by atoms with Gasteiger partial charge in [0, 0.05) is 10.3 Å². The number of hydrogen-bond acceptors (Lipinski definition) is 2. The van der Waals surface area contributed by atoms with Crippen LogP contribution in [0.4, 0.5) is 0 Å². The SMILES string of the molecule is OC(c1ccccc1)c1cc(Cl)cs1. The molecule has 1 unspecified atom stereocenters. The summed E-state index contributed by atoms with van der Waals surface area (Å²) in [4.78, 5) is 0.876. The Labute approximate surface area is 91.6 Å². The molecule has 3 heteroatoms. The predicted molar refractivity (Wildman–Crippen MR) is 59.8 cm³/mol.